The van der Waals surface area contributed by atoms with Crippen LogP contribution < -0.4 is 0 Å². The van der Waals surface area contributed by atoms with Gasteiger partial charge in [-0.1, -0.05) is 24.3 Å². The highest BCUT2D eigenvalue weighted by molar-refractivity contribution is 5.50. The van der Waals surface area contributed by atoms with E-state index in [0.717, 1.165) is 29.3 Å². The molecule has 6 nitrogen and oxygen atoms in total. The molecule has 4 heterocycles. The Balaban J connectivity index is 1.85. The van der Waals surface area contributed by atoms with Crippen LogP contribution in [-0.4, -0.2) is 37.8 Å². The molecular formula is C17H15N5O. The number of fused-ring (bicyclic) bond motifs is 5. The van der Waals surface area contributed by atoms with Gasteiger partial charge < -0.3 is 4.74 Å². The third kappa shape index (κ3) is 1.67. The van der Waals surface area contributed by atoms with Crippen molar-refractivity contribution in [2.45, 2.75) is 12.3 Å². The molecule has 0 saturated carbocycles. The van der Waals surface area contributed by atoms with Gasteiger partial charge in [-0.25, -0.2) is 0 Å². The van der Waals surface area contributed by atoms with Crippen LogP contribution in [0.4, 0.5) is 0 Å². The fourth-order valence-corrected chi connectivity index (χ4v) is 3.64. The molecule has 2 aliphatic heterocycles. The second kappa shape index (κ2) is 4.71. The monoisotopic (exact) mass is 305 g/mol. The molecule has 0 radical (unpaired) electrons. The molecule has 3 aromatic rings. The number of ether oxygens (including phenoxy) is 1. The molecule has 0 bridgehead atoms. The van der Waals surface area contributed by atoms with Crippen molar-refractivity contribution >= 4 is 0 Å². The summed E-state index contributed by atoms with van der Waals surface area (Å²) in [5.41, 5.74) is 2.36. The van der Waals surface area contributed by atoms with Crippen LogP contribution in [0.15, 0.2) is 55.0 Å². The molecule has 1 aromatic carbocycles. The lowest BCUT2D eigenvalue weighted by Crippen LogP contribution is -2.43. The van der Waals surface area contributed by atoms with Crippen LogP contribution in [-0.2, 0) is 17.0 Å². The Morgan fingerprint density at radius 3 is 2.91 bits per heavy atom. The summed E-state index contributed by atoms with van der Waals surface area (Å²) in [6.07, 6.45) is 3.58. The number of aromatic nitrogens is 4. The molecule has 6 heteroatoms. The van der Waals surface area contributed by atoms with Gasteiger partial charge in [0.15, 0.2) is 11.5 Å². The van der Waals surface area contributed by atoms with Crippen LogP contribution in [0.5, 0.6) is 0 Å². The van der Waals surface area contributed by atoms with Crippen molar-refractivity contribution < 1.29 is 4.74 Å². The summed E-state index contributed by atoms with van der Waals surface area (Å²) < 4.78 is 8.38. The van der Waals surface area contributed by atoms with Gasteiger partial charge in [-0.15, -0.1) is 10.2 Å². The third-order valence-corrected chi connectivity index (χ3v) is 4.61. The lowest BCUT2D eigenvalue weighted by molar-refractivity contribution is -0.0586. The maximum atomic E-state index is 6.34. The van der Waals surface area contributed by atoms with E-state index in [1.165, 1.54) is 0 Å². The molecule has 2 aliphatic rings. The molecule has 1 atom stereocenters. The zero-order valence-electron chi connectivity index (χ0n) is 12.5. The van der Waals surface area contributed by atoms with Gasteiger partial charge in [-0.3, -0.25) is 14.5 Å². The number of hydrogen-bond acceptors (Lipinski definition) is 5. The van der Waals surface area contributed by atoms with E-state index >= 15 is 0 Å². The van der Waals surface area contributed by atoms with Crippen molar-refractivity contribution in [3.63, 3.8) is 0 Å². The molecule has 0 aliphatic carbocycles. The fourth-order valence-electron chi connectivity index (χ4n) is 3.64. The summed E-state index contributed by atoms with van der Waals surface area (Å²) in [6.45, 7) is 2.17. The maximum absolute atomic E-state index is 6.34. The van der Waals surface area contributed by atoms with Gasteiger partial charge in [0.05, 0.1) is 24.5 Å². The summed E-state index contributed by atoms with van der Waals surface area (Å²) >= 11 is 0. The molecule has 2 aromatic heterocycles. The smallest absolute Gasteiger partial charge is 0.193 e. The summed E-state index contributed by atoms with van der Waals surface area (Å²) in [7, 11) is 0. The van der Waals surface area contributed by atoms with Crippen LogP contribution >= 0.6 is 0 Å². The number of para-hydroxylation sites is 1. The predicted octanol–water partition coefficient (Wildman–Crippen LogP) is 1.71. The highest BCUT2D eigenvalue weighted by atomic mass is 16.5. The highest BCUT2D eigenvalue weighted by Crippen LogP contribution is 2.44. The lowest BCUT2D eigenvalue weighted by atomic mass is 9.95. The number of nitrogens with zero attached hydrogens (tertiary/aromatic N) is 5. The molecule has 1 fully saturated rings. The van der Waals surface area contributed by atoms with E-state index in [2.05, 4.69) is 32.2 Å². The molecule has 114 valence electrons. The van der Waals surface area contributed by atoms with Crippen molar-refractivity contribution in [3.05, 3.63) is 72.1 Å². The molecule has 1 saturated heterocycles. The van der Waals surface area contributed by atoms with E-state index in [9.17, 15) is 0 Å². The normalized spacial score (nSPS) is 23.0. The Morgan fingerprint density at radius 1 is 1.09 bits per heavy atom. The Morgan fingerprint density at radius 2 is 2.00 bits per heavy atom. The zero-order valence-corrected chi connectivity index (χ0v) is 12.5. The quantitative estimate of drug-likeness (QED) is 0.685. The fraction of sp³-hybridized carbons (Fsp3) is 0.235. The Kier molecular flexibility index (Phi) is 2.65. The van der Waals surface area contributed by atoms with Crippen LogP contribution in [0.25, 0.3) is 5.69 Å². The molecule has 0 N–H and O–H groups in total. The van der Waals surface area contributed by atoms with Crippen molar-refractivity contribution in [2.75, 3.05) is 13.2 Å². The summed E-state index contributed by atoms with van der Waals surface area (Å²) in [5, 5.41) is 8.38. The minimum absolute atomic E-state index is 0.666. The molecule has 23 heavy (non-hydrogen) atoms. The van der Waals surface area contributed by atoms with E-state index in [1.54, 1.807) is 6.33 Å². The maximum Gasteiger partial charge on any atom is 0.193 e. The minimum atomic E-state index is -0.668. The topological polar surface area (TPSA) is 56.1 Å². The van der Waals surface area contributed by atoms with Crippen molar-refractivity contribution in [1.82, 2.24) is 24.6 Å². The highest BCUT2D eigenvalue weighted by Gasteiger charge is 2.50. The molecular weight excluding hydrogens is 290 g/mol. The van der Waals surface area contributed by atoms with E-state index in [1.807, 2.05) is 41.1 Å². The van der Waals surface area contributed by atoms with E-state index < -0.39 is 5.72 Å². The second-order valence-electron chi connectivity index (χ2n) is 5.76. The van der Waals surface area contributed by atoms with Crippen LogP contribution in [0.2, 0.25) is 0 Å². The number of benzene rings is 1. The van der Waals surface area contributed by atoms with Crippen molar-refractivity contribution in [1.29, 1.82) is 0 Å². The largest absolute Gasteiger partial charge is 0.349 e. The number of hydrogen-bond donors (Lipinski definition) is 0. The van der Waals surface area contributed by atoms with Crippen molar-refractivity contribution in [2.24, 2.45) is 0 Å². The second-order valence-corrected chi connectivity index (χ2v) is 5.76. The van der Waals surface area contributed by atoms with Crippen LogP contribution in [0.1, 0.15) is 17.1 Å². The predicted molar refractivity (Wildman–Crippen MR) is 82.7 cm³/mol. The van der Waals surface area contributed by atoms with Gasteiger partial charge in [-0.05, 0) is 18.2 Å². The Bertz CT molecular complexity index is 862. The average molecular weight is 305 g/mol. The Labute approximate surface area is 133 Å². The summed E-state index contributed by atoms with van der Waals surface area (Å²) in [4.78, 5) is 6.90. The standard InChI is InChI=1S/C17H15N5O/c1-2-6-14-13(5-1)17(15-7-3-4-8-18-15)21(9-10-23-17)11-16-20-19-12-22(14)16/h1-8,12H,9-11H2. The van der Waals surface area contributed by atoms with Gasteiger partial charge >= 0.3 is 0 Å². The van der Waals surface area contributed by atoms with Gasteiger partial charge in [0, 0.05) is 18.3 Å². The first kappa shape index (κ1) is 12.9. The SMILES string of the molecule is c1ccc(C23OCCN2Cc2nncn2-c2ccccc23)nc1. The van der Waals surface area contributed by atoms with Gasteiger partial charge in [0.25, 0.3) is 0 Å². The van der Waals surface area contributed by atoms with Crippen LogP contribution in [0, 0.1) is 0 Å². The van der Waals surface area contributed by atoms with E-state index in [0.29, 0.717) is 13.2 Å². The third-order valence-electron chi connectivity index (χ3n) is 4.61. The average Bonchev–Trinajstić information content (AvgIpc) is 3.22. The molecule has 5 rings (SSSR count). The zero-order chi connectivity index (χ0) is 15.3. The molecule has 0 spiro atoms. The van der Waals surface area contributed by atoms with Gasteiger partial charge in [0.2, 0.25) is 0 Å². The summed E-state index contributed by atoms with van der Waals surface area (Å²) in [5.74, 6) is 0.917. The van der Waals surface area contributed by atoms with Gasteiger partial charge in [0.1, 0.15) is 6.33 Å². The van der Waals surface area contributed by atoms with Crippen LogP contribution in [0.3, 0.4) is 0 Å². The molecule has 1 unspecified atom stereocenters. The first-order chi connectivity index (χ1) is 11.4. The number of pyridine rings is 1. The summed E-state index contributed by atoms with van der Waals surface area (Å²) in [6, 6.07) is 14.2. The molecule has 0 amide bonds. The lowest BCUT2D eigenvalue weighted by Gasteiger charge is -2.35. The first-order valence-corrected chi connectivity index (χ1v) is 7.69. The van der Waals surface area contributed by atoms with Gasteiger partial charge in [-0.2, -0.15) is 0 Å². The minimum Gasteiger partial charge on any atom is -0.349 e. The first-order valence-electron chi connectivity index (χ1n) is 7.69. The number of rotatable bonds is 1. The van der Waals surface area contributed by atoms with E-state index in [-0.39, 0.29) is 0 Å². The van der Waals surface area contributed by atoms with E-state index in [4.69, 9.17) is 4.74 Å². The Hall–Kier alpha value is -2.57. The van der Waals surface area contributed by atoms with Crippen molar-refractivity contribution in [3.8, 4) is 5.69 Å².